The van der Waals surface area contributed by atoms with Crippen molar-refractivity contribution in [3.63, 3.8) is 0 Å². The van der Waals surface area contributed by atoms with Crippen molar-refractivity contribution >= 4 is 34.2 Å². The summed E-state index contributed by atoms with van der Waals surface area (Å²) < 4.78 is 87.7. The van der Waals surface area contributed by atoms with Gasteiger partial charge in [0.25, 0.3) is 5.92 Å². The van der Waals surface area contributed by atoms with E-state index in [-0.39, 0.29) is 31.1 Å². The summed E-state index contributed by atoms with van der Waals surface area (Å²) in [5.74, 6) is -7.47. The Labute approximate surface area is 186 Å². The van der Waals surface area contributed by atoms with Gasteiger partial charge in [0, 0.05) is 45.9 Å². The highest BCUT2D eigenvalue weighted by atomic mass is 127. The third-order valence-corrected chi connectivity index (χ3v) is 6.45. The van der Waals surface area contributed by atoms with Gasteiger partial charge >= 0.3 is 0 Å². The van der Waals surface area contributed by atoms with Crippen LogP contribution in [0.3, 0.4) is 0 Å². The van der Waals surface area contributed by atoms with Gasteiger partial charge in [0.1, 0.15) is 28.7 Å². The Balaban J connectivity index is 2.10. The summed E-state index contributed by atoms with van der Waals surface area (Å²) in [6.07, 6.45) is -0.787. The lowest BCUT2D eigenvalue weighted by molar-refractivity contribution is 0.0939. The van der Waals surface area contributed by atoms with Crippen LogP contribution in [0, 0.1) is 33.8 Å². The van der Waals surface area contributed by atoms with E-state index in [9.17, 15) is 26.3 Å². The fourth-order valence-electron chi connectivity index (χ4n) is 4.11. The number of hydrogen-bond donors (Lipinski definition) is 0. The first-order valence-corrected chi connectivity index (χ1v) is 10.1. The summed E-state index contributed by atoms with van der Waals surface area (Å²) in [5, 5.41) is 3.80. The third-order valence-electron chi connectivity index (χ3n) is 5.30. The average molecular weight is 557 g/mol. The van der Waals surface area contributed by atoms with E-state index in [2.05, 4.69) is 5.10 Å². The number of hydrogen-bond acceptors (Lipinski definition) is 1. The summed E-state index contributed by atoms with van der Waals surface area (Å²) in [4.78, 5) is 0. The third kappa shape index (κ3) is 2.96. The molecule has 158 valence electrons. The van der Waals surface area contributed by atoms with Gasteiger partial charge < -0.3 is 0 Å². The van der Waals surface area contributed by atoms with Crippen molar-refractivity contribution in [1.29, 1.82) is 0 Å². The maximum absolute atomic E-state index is 14.9. The second kappa shape index (κ2) is 6.88. The molecule has 1 aliphatic carbocycles. The molecule has 1 aliphatic rings. The molecule has 0 aliphatic heterocycles. The van der Waals surface area contributed by atoms with Crippen molar-refractivity contribution in [3.8, 4) is 11.1 Å². The van der Waals surface area contributed by atoms with Crippen LogP contribution in [0.2, 0.25) is 5.02 Å². The van der Waals surface area contributed by atoms with Gasteiger partial charge in [0.15, 0.2) is 0 Å². The lowest BCUT2D eigenvalue weighted by atomic mass is 9.86. The fraction of sp³-hybridized carbons (Fsp3) is 0.250. The maximum Gasteiger partial charge on any atom is 0.264 e. The first-order valence-electron chi connectivity index (χ1n) is 8.62. The molecule has 0 radical (unpaired) electrons. The normalized spacial score (nSPS) is 19.9. The zero-order valence-electron chi connectivity index (χ0n) is 15.4. The molecule has 1 fully saturated rings. The van der Waals surface area contributed by atoms with Crippen LogP contribution >= 0.6 is 34.2 Å². The Morgan fingerprint density at radius 1 is 1.00 bits per heavy atom. The van der Waals surface area contributed by atoms with Crippen molar-refractivity contribution in [3.05, 3.63) is 73.1 Å². The predicted octanol–water partition coefficient (Wildman–Crippen LogP) is 6.54. The van der Waals surface area contributed by atoms with Crippen LogP contribution in [0.25, 0.3) is 11.1 Å². The molecular formula is C20H12ClF6IN2. The molecule has 1 heterocycles. The molecule has 2 aromatic carbocycles. The smallest absolute Gasteiger partial charge is 0.264 e. The quantitative estimate of drug-likeness (QED) is 0.265. The molecule has 0 amide bonds. The molecule has 4 rings (SSSR count). The Morgan fingerprint density at radius 3 is 2.10 bits per heavy atom. The van der Waals surface area contributed by atoms with Gasteiger partial charge in [0.05, 0.1) is 16.4 Å². The first kappa shape index (κ1) is 21.5. The van der Waals surface area contributed by atoms with Crippen LogP contribution in [0.4, 0.5) is 26.3 Å². The molecule has 0 spiro atoms. The van der Waals surface area contributed by atoms with Gasteiger partial charge in [-0.2, -0.15) is 5.10 Å². The molecular weight excluding hydrogens is 545 g/mol. The topological polar surface area (TPSA) is 17.8 Å². The molecule has 1 atom stereocenters. The molecule has 10 heteroatoms. The fourth-order valence-corrected chi connectivity index (χ4v) is 5.42. The molecule has 3 aromatic rings. The SMILES string of the molecule is Cc1nn(C)c(C2(c3c(F)cc(F)cc3I)CC2(F)F)c1-c1c(F)cc(F)cc1Cl. The van der Waals surface area contributed by atoms with Crippen molar-refractivity contribution in [2.75, 3.05) is 0 Å². The van der Waals surface area contributed by atoms with Gasteiger partial charge in [-0.1, -0.05) is 11.6 Å². The summed E-state index contributed by atoms with van der Waals surface area (Å²) in [5.41, 5.74) is -3.02. The molecule has 30 heavy (non-hydrogen) atoms. The van der Waals surface area contributed by atoms with Crippen LogP contribution in [0.15, 0.2) is 24.3 Å². The van der Waals surface area contributed by atoms with Crippen LogP contribution in [0.1, 0.15) is 23.4 Å². The largest absolute Gasteiger partial charge is 0.271 e. The van der Waals surface area contributed by atoms with E-state index >= 15 is 0 Å². The minimum absolute atomic E-state index is 0.0437. The second-order valence-corrected chi connectivity index (χ2v) is 8.78. The number of alkyl halides is 2. The van der Waals surface area contributed by atoms with Gasteiger partial charge in [-0.25, -0.2) is 26.3 Å². The van der Waals surface area contributed by atoms with Crippen LogP contribution in [0.5, 0.6) is 0 Å². The minimum Gasteiger partial charge on any atom is -0.271 e. The molecule has 0 bridgehead atoms. The molecule has 2 nitrogen and oxygen atoms in total. The Morgan fingerprint density at radius 2 is 1.57 bits per heavy atom. The Bertz CT molecular complexity index is 1160. The lowest BCUT2D eigenvalue weighted by Gasteiger charge is -2.22. The number of nitrogens with zero attached hydrogens (tertiary/aromatic N) is 2. The first-order chi connectivity index (χ1) is 13.9. The van der Waals surface area contributed by atoms with Crippen molar-refractivity contribution in [1.82, 2.24) is 9.78 Å². The van der Waals surface area contributed by atoms with E-state index < -0.39 is 46.6 Å². The Kier molecular flexibility index (Phi) is 4.92. The summed E-state index contributed by atoms with van der Waals surface area (Å²) in [6.45, 7) is 1.46. The van der Waals surface area contributed by atoms with E-state index in [0.717, 1.165) is 16.8 Å². The highest BCUT2D eigenvalue weighted by Crippen LogP contribution is 2.68. The number of aromatic nitrogens is 2. The number of rotatable bonds is 3. The van der Waals surface area contributed by atoms with E-state index in [1.807, 2.05) is 0 Å². The number of halogens is 8. The zero-order valence-corrected chi connectivity index (χ0v) is 18.3. The Hall–Kier alpha value is -1.75. The van der Waals surface area contributed by atoms with Crippen molar-refractivity contribution in [2.24, 2.45) is 7.05 Å². The standard InChI is InChI=1S/C20H12ClF6IN2/c1-8-15(16-11(21)3-9(22)4-12(16)24)18(30(2)29-8)19(7-20(19,26)27)17-13(25)5-10(23)6-14(17)28/h3-6H,7H2,1-2H3. The molecule has 1 aromatic heterocycles. The minimum atomic E-state index is -3.41. The highest BCUT2D eigenvalue weighted by molar-refractivity contribution is 14.1. The van der Waals surface area contributed by atoms with E-state index in [1.165, 1.54) is 14.0 Å². The average Bonchev–Trinajstić information content (AvgIpc) is 3.00. The second-order valence-electron chi connectivity index (χ2n) is 7.21. The number of benzene rings is 2. The number of aryl methyl sites for hydroxylation is 2. The predicted molar refractivity (Wildman–Crippen MR) is 108 cm³/mol. The zero-order chi connectivity index (χ0) is 22.2. The van der Waals surface area contributed by atoms with Crippen molar-refractivity contribution in [2.45, 2.75) is 24.7 Å². The highest BCUT2D eigenvalue weighted by Gasteiger charge is 2.76. The molecule has 1 saturated carbocycles. The monoisotopic (exact) mass is 556 g/mol. The summed E-state index contributed by atoms with van der Waals surface area (Å²) in [6, 6.07) is 2.92. The maximum atomic E-state index is 14.9. The van der Waals surface area contributed by atoms with Crippen LogP contribution in [-0.2, 0) is 12.5 Å². The molecule has 0 saturated heterocycles. The van der Waals surface area contributed by atoms with Crippen LogP contribution in [-0.4, -0.2) is 15.7 Å². The van der Waals surface area contributed by atoms with Gasteiger partial charge in [0.2, 0.25) is 0 Å². The van der Waals surface area contributed by atoms with Crippen LogP contribution < -0.4 is 0 Å². The van der Waals surface area contributed by atoms with Gasteiger partial charge in [-0.05, 0) is 41.6 Å². The molecule has 0 N–H and O–H groups in total. The van der Waals surface area contributed by atoms with E-state index in [0.29, 0.717) is 12.1 Å². The summed E-state index contributed by atoms with van der Waals surface area (Å²) >= 11 is 7.65. The molecule has 1 unspecified atom stereocenters. The lowest BCUT2D eigenvalue weighted by Crippen LogP contribution is -2.25. The van der Waals surface area contributed by atoms with Gasteiger partial charge in [-0.15, -0.1) is 0 Å². The van der Waals surface area contributed by atoms with E-state index in [4.69, 9.17) is 11.6 Å². The van der Waals surface area contributed by atoms with Crippen molar-refractivity contribution < 1.29 is 26.3 Å². The summed E-state index contributed by atoms with van der Waals surface area (Å²) in [7, 11) is 1.37. The van der Waals surface area contributed by atoms with Gasteiger partial charge in [-0.3, -0.25) is 4.68 Å². The van der Waals surface area contributed by atoms with E-state index in [1.54, 1.807) is 22.6 Å².